The minimum absolute atomic E-state index is 0.422. The SMILES string of the molecule is COc1ccc2c(c1)oc(=O)n2-c1c(C)cc(N)cc1C. The maximum Gasteiger partial charge on any atom is 0.424 e. The lowest BCUT2D eigenvalue weighted by molar-refractivity contribution is 0.414. The predicted molar refractivity (Wildman–Crippen MR) is 82.2 cm³/mol. The summed E-state index contributed by atoms with van der Waals surface area (Å²) in [4.78, 5) is 12.3. The third-order valence-corrected chi connectivity index (χ3v) is 3.52. The minimum Gasteiger partial charge on any atom is -0.497 e. The molecule has 0 amide bonds. The maximum absolute atomic E-state index is 12.3. The second-order valence-electron chi connectivity index (χ2n) is 5.04. The zero-order valence-corrected chi connectivity index (χ0v) is 12.1. The summed E-state index contributed by atoms with van der Waals surface area (Å²) in [6.07, 6.45) is 0. The first kappa shape index (κ1) is 13.3. The molecular weight excluding hydrogens is 268 g/mol. The lowest BCUT2D eigenvalue weighted by Crippen LogP contribution is -2.14. The average Bonchev–Trinajstić information content (AvgIpc) is 2.73. The van der Waals surface area contributed by atoms with Gasteiger partial charge in [0.25, 0.3) is 0 Å². The molecule has 0 spiro atoms. The number of benzene rings is 2. The van der Waals surface area contributed by atoms with Crippen molar-refractivity contribution in [3.63, 3.8) is 0 Å². The van der Waals surface area contributed by atoms with E-state index in [0.717, 1.165) is 16.8 Å². The first-order valence-corrected chi connectivity index (χ1v) is 6.58. The van der Waals surface area contributed by atoms with Gasteiger partial charge in [-0.05, 0) is 49.2 Å². The molecule has 5 heteroatoms. The topological polar surface area (TPSA) is 70.4 Å². The van der Waals surface area contributed by atoms with Crippen LogP contribution in [0.25, 0.3) is 16.8 Å². The molecule has 0 atom stereocenters. The van der Waals surface area contributed by atoms with Gasteiger partial charge < -0.3 is 14.9 Å². The smallest absolute Gasteiger partial charge is 0.424 e. The van der Waals surface area contributed by atoms with Crippen molar-refractivity contribution in [1.82, 2.24) is 4.57 Å². The van der Waals surface area contributed by atoms with Gasteiger partial charge in [-0.15, -0.1) is 0 Å². The number of nitrogens with two attached hydrogens (primary N) is 1. The van der Waals surface area contributed by atoms with Crippen molar-refractivity contribution in [2.45, 2.75) is 13.8 Å². The first-order chi connectivity index (χ1) is 10.0. The number of hydrogen-bond donors (Lipinski definition) is 1. The van der Waals surface area contributed by atoms with Crippen LogP contribution in [-0.4, -0.2) is 11.7 Å². The van der Waals surface area contributed by atoms with Crippen LogP contribution in [0.2, 0.25) is 0 Å². The standard InChI is InChI=1S/C16H16N2O3/c1-9-6-11(17)7-10(2)15(9)18-13-5-4-12(20-3)8-14(13)21-16(18)19/h4-8H,17H2,1-3H3. The van der Waals surface area contributed by atoms with Gasteiger partial charge in [-0.1, -0.05) is 0 Å². The molecule has 21 heavy (non-hydrogen) atoms. The number of hydrogen-bond acceptors (Lipinski definition) is 4. The fourth-order valence-electron chi connectivity index (χ4n) is 2.68. The zero-order chi connectivity index (χ0) is 15.1. The lowest BCUT2D eigenvalue weighted by atomic mass is 10.1. The minimum atomic E-state index is -0.422. The normalized spacial score (nSPS) is 11.0. The molecule has 108 valence electrons. The molecule has 1 heterocycles. The van der Waals surface area contributed by atoms with Gasteiger partial charge in [-0.2, -0.15) is 0 Å². The van der Waals surface area contributed by atoms with Crippen LogP contribution in [-0.2, 0) is 0 Å². The molecule has 0 aliphatic heterocycles. The van der Waals surface area contributed by atoms with E-state index in [-0.39, 0.29) is 0 Å². The highest BCUT2D eigenvalue weighted by Crippen LogP contribution is 2.27. The molecule has 1 aromatic heterocycles. The van der Waals surface area contributed by atoms with E-state index in [0.29, 0.717) is 22.5 Å². The predicted octanol–water partition coefficient (Wildman–Crippen LogP) is 2.79. The molecule has 0 saturated carbocycles. The Labute approximate surface area is 121 Å². The summed E-state index contributed by atoms with van der Waals surface area (Å²) in [6.45, 7) is 3.85. The summed E-state index contributed by atoms with van der Waals surface area (Å²) in [5.41, 5.74) is 10.4. The molecule has 0 radical (unpaired) electrons. The summed E-state index contributed by atoms with van der Waals surface area (Å²) >= 11 is 0. The molecular formula is C16H16N2O3. The van der Waals surface area contributed by atoms with E-state index in [1.54, 1.807) is 23.8 Å². The van der Waals surface area contributed by atoms with Gasteiger partial charge in [-0.3, -0.25) is 0 Å². The molecule has 5 nitrogen and oxygen atoms in total. The maximum atomic E-state index is 12.3. The molecule has 0 saturated heterocycles. The van der Waals surface area contributed by atoms with Crippen LogP contribution < -0.4 is 16.2 Å². The summed E-state index contributed by atoms with van der Waals surface area (Å²) in [5, 5.41) is 0. The Balaban J connectivity index is 2.36. The quantitative estimate of drug-likeness (QED) is 0.735. The van der Waals surface area contributed by atoms with Crippen LogP contribution in [0.1, 0.15) is 11.1 Å². The molecule has 2 aromatic carbocycles. The Morgan fingerprint density at radius 2 is 1.81 bits per heavy atom. The van der Waals surface area contributed by atoms with Gasteiger partial charge in [0.15, 0.2) is 5.58 Å². The lowest BCUT2D eigenvalue weighted by Gasteiger charge is -2.11. The van der Waals surface area contributed by atoms with E-state index in [4.69, 9.17) is 14.9 Å². The van der Waals surface area contributed by atoms with Crippen molar-refractivity contribution < 1.29 is 9.15 Å². The first-order valence-electron chi connectivity index (χ1n) is 6.58. The van der Waals surface area contributed by atoms with Gasteiger partial charge >= 0.3 is 5.76 Å². The number of ether oxygens (including phenoxy) is 1. The van der Waals surface area contributed by atoms with Crippen molar-refractivity contribution >= 4 is 16.8 Å². The van der Waals surface area contributed by atoms with Gasteiger partial charge in [0.05, 0.1) is 18.3 Å². The van der Waals surface area contributed by atoms with Crippen molar-refractivity contribution in [2.24, 2.45) is 0 Å². The van der Waals surface area contributed by atoms with E-state index in [1.165, 1.54) is 0 Å². The molecule has 3 rings (SSSR count). The largest absolute Gasteiger partial charge is 0.497 e. The van der Waals surface area contributed by atoms with Crippen LogP contribution in [0, 0.1) is 13.8 Å². The van der Waals surface area contributed by atoms with E-state index in [1.807, 2.05) is 32.0 Å². The number of aryl methyl sites for hydroxylation is 2. The van der Waals surface area contributed by atoms with Crippen molar-refractivity contribution in [2.75, 3.05) is 12.8 Å². The van der Waals surface area contributed by atoms with E-state index < -0.39 is 5.76 Å². The molecule has 0 fully saturated rings. The molecule has 0 bridgehead atoms. The number of oxazole rings is 1. The number of anilines is 1. The van der Waals surface area contributed by atoms with Crippen molar-refractivity contribution in [3.05, 3.63) is 52.0 Å². The van der Waals surface area contributed by atoms with Crippen LogP contribution in [0.15, 0.2) is 39.5 Å². The highest BCUT2D eigenvalue weighted by Gasteiger charge is 2.15. The van der Waals surface area contributed by atoms with Gasteiger partial charge in [0.1, 0.15) is 5.75 Å². The number of nitrogen functional groups attached to an aromatic ring is 1. The van der Waals surface area contributed by atoms with Crippen molar-refractivity contribution in [1.29, 1.82) is 0 Å². The second-order valence-corrected chi connectivity index (χ2v) is 5.04. The van der Waals surface area contributed by atoms with Gasteiger partial charge in [0.2, 0.25) is 0 Å². The average molecular weight is 284 g/mol. The molecule has 0 aliphatic carbocycles. The Morgan fingerprint density at radius 3 is 2.43 bits per heavy atom. The third-order valence-electron chi connectivity index (χ3n) is 3.52. The molecule has 0 aliphatic rings. The summed E-state index contributed by atoms with van der Waals surface area (Å²) < 4.78 is 12.1. The number of rotatable bonds is 2. The number of aromatic nitrogens is 1. The number of nitrogens with zero attached hydrogens (tertiary/aromatic N) is 1. The van der Waals surface area contributed by atoms with Crippen LogP contribution in [0.5, 0.6) is 5.75 Å². The Morgan fingerprint density at radius 1 is 1.14 bits per heavy atom. The van der Waals surface area contributed by atoms with E-state index >= 15 is 0 Å². The van der Waals surface area contributed by atoms with Crippen LogP contribution >= 0.6 is 0 Å². The Kier molecular flexibility index (Phi) is 2.97. The summed E-state index contributed by atoms with van der Waals surface area (Å²) in [6, 6.07) is 9.01. The number of methoxy groups -OCH3 is 1. The summed E-state index contributed by atoms with van der Waals surface area (Å²) in [5.74, 6) is 0.225. The monoisotopic (exact) mass is 284 g/mol. The Bertz CT molecular complexity index is 867. The van der Waals surface area contributed by atoms with Crippen LogP contribution in [0.3, 0.4) is 0 Å². The fourth-order valence-corrected chi connectivity index (χ4v) is 2.68. The number of fused-ring (bicyclic) bond motifs is 1. The third kappa shape index (κ3) is 2.07. The van der Waals surface area contributed by atoms with Gasteiger partial charge in [0, 0.05) is 11.8 Å². The van der Waals surface area contributed by atoms with E-state index in [2.05, 4.69) is 0 Å². The zero-order valence-electron chi connectivity index (χ0n) is 12.1. The van der Waals surface area contributed by atoms with Gasteiger partial charge in [-0.25, -0.2) is 9.36 Å². The molecule has 2 N–H and O–H groups in total. The Hall–Kier alpha value is -2.69. The molecule has 0 unspecified atom stereocenters. The molecule has 3 aromatic rings. The highest BCUT2D eigenvalue weighted by molar-refractivity contribution is 5.78. The fraction of sp³-hybridized carbons (Fsp3) is 0.188. The van der Waals surface area contributed by atoms with E-state index in [9.17, 15) is 4.79 Å². The van der Waals surface area contributed by atoms with Crippen molar-refractivity contribution in [3.8, 4) is 11.4 Å². The highest BCUT2D eigenvalue weighted by atomic mass is 16.5. The second kappa shape index (κ2) is 4.70. The van der Waals surface area contributed by atoms with Crippen LogP contribution in [0.4, 0.5) is 5.69 Å². The summed E-state index contributed by atoms with van der Waals surface area (Å²) in [7, 11) is 1.57.